The van der Waals surface area contributed by atoms with Gasteiger partial charge in [-0.3, -0.25) is 14.4 Å². The first-order valence-electron chi connectivity index (χ1n) is 11.7. The Morgan fingerprint density at radius 2 is 1.63 bits per heavy atom. The van der Waals surface area contributed by atoms with Crippen LogP contribution in [0.3, 0.4) is 0 Å². The molecule has 0 unspecified atom stereocenters. The largest absolute Gasteiger partial charge is 0.299 e. The molecular weight excluding hydrogens is 430 g/mol. The van der Waals surface area contributed by atoms with Gasteiger partial charge in [0.1, 0.15) is 12.1 Å². The van der Waals surface area contributed by atoms with Crippen molar-refractivity contribution in [3.63, 3.8) is 0 Å². The van der Waals surface area contributed by atoms with Gasteiger partial charge in [-0.25, -0.2) is 4.98 Å². The van der Waals surface area contributed by atoms with E-state index < -0.39 is 0 Å². The lowest BCUT2D eigenvalue weighted by atomic mass is 9.92. The summed E-state index contributed by atoms with van der Waals surface area (Å²) in [6.07, 6.45) is 5.34. The molecule has 0 aliphatic carbocycles. The smallest absolute Gasteiger partial charge is 0.135 e. The number of ketones is 1. The first-order valence-corrected chi connectivity index (χ1v) is 11.7. The number of carbonyl (C=O) groups is 1. The van der Waals surface area contributed by atoms with Crippen molar-refractivity contribution >= 4 is 28.7 Å². The molecule has 4 heteroatoms. The van der Waals surface area contributed by atoms with E-state index in [0.29, 0.717) is 5.92 Å². The highest BCUT2D eigenvalue weighted by molar-refractivity contribution is 6.04. The van der Waals surface area contributed by atoms with Crippen molar-refractivity contribution in [2.24, 2.45) is 10.4 Å². The zero-order valence-electron chi connectivity index (χ0n) is 22.4. The maximum absolute atomic E-state index is 10.5. The van der Waals surface area contributed by atoms with Crippen LogP contribution in [0.1, 0.15) is 79.9 Å². The highest BCUT2D eigenvalue weighted by Crippen LogP contribution is 2.17. The van der Waals surface area contributed by atoms with Gasteiger partial charge in [-0.15, -0.1) is 0 Å². The second-order valence-electron chi connectivity index (χ2n) is 9.95. The van der Waals surface area contributed by atoms with Gasteiger partial charge in [0.25, 0.3) is 0 Å². The Labute approximate surface area is 213 Å². The minimum atomic E-state index is -0.139. The summed E-state index contributed by atoms with van der Waals surface area (Å²) < 4.78 is 1.95. The molecule has 4 nitrogen and oxygen atoms in total. The van der Waals surface area contributed by atoms with E-state index in [0.717, 1.165) is 22.3 Å². The van der Waals surface area contributed by atoms with E-state index in [1.54, 1.807) is 19.5 Å². The summed E-state index contributed by atoms with van der Waals surface area (Å²) in [7, 11) is 0. The number of rotatable bonds is 4. The lowest BCUT2D eigenvalue weighted by molar-refractivity contribution is -0.124. The summed E-state index contributed by atoms with van der Waals surface area (Å²) >= 11 is 0. The van der Waals surface area contributed by atoms with Crippen molar-refractivity contribution in [2.75, 3.05) is 0 Å². The van der Waals surface area contributed by atoms with Crippen molar-refractivity contribution in [1.29, 1.82) is 0 Å². The summed E-state index contributed by atoms with van der Waals surface area (Å²) in [6.45, 7) is 21.9. The van der Waals surface area contributed by atoms with E-state index in [-0.39, 0.29) is 18.6 Å². The van der Waals surface area contributed by atoms with E-state index >= 15 is 0 Å². The predicted molar refractivity (Wildman–Crippen MR) is 155 cm³/mol. The number of imidazole rings is 1. The lowest BCUT2D eigenvalue weighted by Gasteiger charge is -2.11. The average Bonchev–Trinajstić information content (AvgIpc) is 3.17. The van der Waals surface area contributed by atoms with Crippen molar-refractivity contribution < 1.29 is 4.79 Å². The van der Waals surface area contributed by atoms with Gasteiger partial charge in [-0.05, 0) is 56.9 Å². The van der Waals surface area contributed by atoms with Crippen LogP contribution in [0.2, 0.25) is 0 Å². The van der Waals surface area contributed by atoms with Gasteiger partial charge in [0.15, 0.2) is 0 Å². The summed E-state index contributed by atoms with van der Waals surface area (Å²) in [5.74, 6) is 0.902. The molecule has 0 N–H and O–H groups in total. The third-order valence-corrected chi connectivity index (χ3v) is 5.09. The highest BCUT2D eigenvalue weighted by Gasteiger charge is 2.14. The minimum absolute atomic E-state index is 0. The van der Waals surface area contributed by atoms with Gasteiger partial charge in [0, 0.05) is 11.6 Å². The molecule has 0 aliphatic heterocycles. The second kappa shape index (κ2) is 14.9. The number of aliphatic imine (C=N–C) groups is 1. The van der Waals surface area contributed by atoms with E-state index in [2.05, 4.69) is 73.7 Å². The van der Waals surface area contributed by atoms with E-state index in [1.165, 1.54) is 11.1 Å². The number of allylic oxidation sites excluding steroid dienone is 2. The SMILES string of the molecule is C.C=C(C=NC=C(C)C)n1cnc2ccc(C)cc21.CC(=O)C(C)(C)C.CC(C)c1ccccc1. The first kappa shape index (κ1) is 31.7. The molecule has 35 heavy (non-hydrogen) atoms. The van der Waals surface area contributed by atoms with Crippen molar-refractivity contribution in [1.82, 2.24) is 9.55 Å². The quantitative estimate of drug-likeness (QED) is 0.354. The molecule has 1 aromatic heterocycles. The number of aromatic nitrogens is 2. The van der Waals surface area contributed by atoms with Crippen LogP contribution in [0.5, 0.6) is 0 Å². The minimum Gasteiger partial charge on any atom is -0.299 e. The van der Waals surface area contributed by atoms with Crippen molar-refractivity contribution in [3.8, 4) is 0 Å². The fraction of sp³-hybridized carbons (Fsp3) is 0.387. The van der Waals surface area contributed by atoms with Crippen LogP contribution in [-0.4, -0.2) is 21.5 Å². The molecule has 0 amide bonds. The normalized spacial score (nSPS) is 10.6. The Balaban J connectivity index is 0.000000571. The van der Waals surface area contributed by atoms with Crippen LogP contribution < -0.4 is 0 Å². The van der Waals surface area contributed by atoms with Crippen LogP contribution in [0, 0.1) is 12.3 Å². The Kier molecular flexibility index (Phi) is 13.5. The second-order valence-corrected chi connectivity index (χ2v) is 9.95. The molecule has 1 heterocycles. The van der Waals surface area contributed by atoms with Gasteiger partial charge in [0.05, 0.1) is 22.9 Å². The monoisotopic (exact) mass is 475 g/mol. The highest BCUT2D eigenvalue weighted by atomic mass is 16.1. The molecule has 2 aromatic carbocycles. The van der Waals surface area contributed by atoms with Gasteiger partial charge in [-0.1, -0.05) is 90.6 Å². The molecule has 3 rings (SSSR count). The lowest BCUT2D eigenvalue weighted by Crippen LogP contribution is -2.15. The van der Waals surface area contributed by atoms with E-state index in [4.69, 9.17) is 0 Å². The van der Waals surface area contributed by atoms with E-state index in [9.17, 15) is 4.79 Å². The fourth-order valence-corrected chi connectivity index (χ4v) is 2.52. The number of Topliss-reactive ketones (excluding diaryl/α,β-unsaturated/α-hetero) is 1. The van der Waals surface area contributed by atoms with Gasteiger partial charge < -0.3 is 0 Å². The number of aryl methyl sites for hydroxylation is 1. The van der Waals surface area contributed by atoms with Crippen LogP contribution in [0.25, 0.3) is 16.7 Å². The topological polar surface area (TPSA) is 47.2 Å². The Bertz CT molecular complexity index is 1120. The zero-order valence-corrected chi connectivity index (χ0v) is 22.4. The van der Waals surface area contributed by atoms with Crippen LogP contribution in [0.15, 0.2) is 78.2 Å². The molecular formula is C31H45N3O. The number of benzene rings is 2. The van der Waals surface area contributed by atoms with Crippen molar-refractivity contribution in [2.45, 2.75) is 75.7 Å². The Hall–Kier alpha value is -3.27. The molecule has 0 saturated heterocycles. The molecule has 0 atom stereocenters. The summed E-state index contributed by atoms with van der Waals surface area (Å²) in [6, 6.07) is 16.7. The zero-order chi connectivity index (χ0) is 25.9. The molecule has 0 aliphatic rings. The van der Waals surface area contributed by atoms with E-state index in [1.807, 2.05) is 57.5 Å². The number of hydrogen-bond acceptors (Lipinski definition) is 3. The van der Waals surface area contributed by atoms with Crippen LogP contribution >= 0.6 is 0 Å². The first-order chi connectivity index (χ1) is 15.8. The maximum Gasteiger partial charge on any atom is 0.135 e. The third kappa shape index (κ3) is 11.6. The Morgan fingerprint density at radius 3 is 2.09 bits per heavy atom. The standard InChI is InChI=1S/C15H17N3.C9H12.C6H12O.CH4/c1-11(2)8-16-9-13(4)18-10-17-14-6-5-12(3)7-15(14)18;1-8(2)9-6-4-3-5-7-9;1-5(7)6(2,3)4;/h5-10H,4H2,1-3H3;3-8H,1-2H3;1-4H3;1H4. The summed E-state index contributed by atoms with van der Waals surface area (Å²) in [4.78, 5) is 19.0. The fourth-order valence-electron chi connectivity index (χ4n) is 2.52. The van der Waals surface area contributed by atoms with Crippen LogP contribution in [-0.2, 0) is 4.79 Å². The van der Waals surface area contributed by atoms with Crippen molar-refractivity contribution in [3.05, 3.63) is 84.3 Å². The summed E-state index contributed by atoms with van der Waals surface area (Å²) in [5.41, 5.74) is 6.47. The van der Waals surface area contributed by atoms with Gasteiger partial charge >= 0.3 is 0 Å². The Morgan fingerprint density at radius 1 is 1.06 bits per heavy atom. The maximum atomic E-state index is 10.5. The number of hydrogen-bond donors (Lipinski definition) is 0. The molecule has 0 radical (unpaired) electrons. The van der Waals surface area contributed by atoms with Gasteiger partial charge in [0.2, 0.25) is 0 Å². The molecule has 190 valence electrons. The van der Waals surface area contributed by atoms with Gasteiger partial charge in [-0.2, -0.15) is 0 Å². The number of nitrogens with zero attached hydrogens (tertiary/aromatic N) is 3. The van der Waals surface area contributed by atoms with Crippen LogP contribution in [0.4, 0.5) is 0 Å². The summed E-state index contributed by atoms with van der Waals surface area (Å²) in [5, 5.41) is 0. The molecule has 0 bridgehead atoms. The third-order valence-electron chi connectivity index (χ3n) is 5.09. The molecule has 0 fully saturated rings. The molecule has 0 saturated carbocycles. The molecule has 0 spiro atoms. The predicted octanol–water partition coefficient (Wildman–Crippen LogP) is 8.88. The average molecular weight is 476 g/mol. The molecule has 3 aromatic rings. The number of fused-ring (bicyclic) bond motifs is 1. The number of carbonyl (C=O) groups excluding carboxylic acids is 1.